The number of pyridine rings is 1. The molecule has 2 rings (SSSR count). The number of halogens is 1. The van der Waals surface area contributed by atoms with Gasteiger partial charge in [-0.1, -0.05) is 11.6 Å². The molecule has 0 aliphatic rings. The minimum atomic E-state index is -0.0167. The fourth-order valence-electron chi connectivity index (χ4n) is 1.88. The molecule has 4 nitrogen and oxygen atoms in total. The summed E-state index contributed by atoms with van der Waals surface area (Å²) in [6.07, 6.45) is 3.36. The summed E-state index contributed by atoms with van der Waals surface area (Å²) in [6.45, 7) is 4.67. The van der Waals surface area contributed by atoms with Gasteiger partial charge in [0, 0.05) is 30.2 Å². The Kier molecular flexibility index (Phi) is 3.77. The number of carbonyl (C=O) groups is 1. The predicted molar refractivity (Wildman–Crippen MR) is 69.9 cm³/mol. The Labute approximate surface area is 111 Å². The first-order valence-corrected chi connectivity index (χ1v) is 6.15. The molecule has 0 aliphatic heterocycles. The molecular formula is C13H14ClN3O. The third kappa shape index (κ3) is 2.59. The van der Waals surface area contributed by atoms with Gasteiger partial charge in [0.05, 0.1) is 17.1 Å². The van der Waals surface area contributed by atoms with Crippen molar-refractivity contribution >= 4 is 17.4 Å². The second-order valence-corrected chi connectivity index (χ2v) is 4.46. The third-order valence-electron chi connectivity index (χ3n) is 2.70. The highest BCUT2D eigenvalue weighted by atomic mass is 35.5. The van der Waals surface area contributed by atoms with Crippen molar-refractivity contribution in [3.63, 3.8) is 0 Å². The third-order valence-corrected chi connectivity index (χ3v) is 3.00. The minimum Gasteiger partial charge on any atom is -0.294 e. The van der Waals surface area contributed by atoms with Crippen LogP contribution in [0, 0.1) is 6.92 Å². The highest BCUT2D eigenvalue weighted by Crippen LogP contribution is 2.16. The lowest BCUT2D eigenvalue weighted by Crippen LogP contribution is -2.10. The highest BCUT2D eigenvalue weighted by Gasteiger charge is 2.14. The Balaban J connectivity index is 2.24. The molecule has 0 N–H and O–H groups in total. The van der Waals surface area contributed by atoms with Crippen LogP contribution in [0.1, 0.15) is 28.7 Å². The van der Waals surface area contributed by atoms with Gasteiger partial charge in [-0.2, -0.15) is 5.10 Å². The molecule has 2 aromatic rings. The molecule has 0 atom stereocenters. The average molecular weight is 264 g/mol. The molecule has 2 aromatic heterocycles. The van der Waals surface area contributed by atoms with E-state index in [0.29, 0.717) is 17.0 Å². The monoisotopic (exact) mass is 263 g/mol. The molecule has 2 heterocycles. The number of ketones is 1. The zero-order chi connectivity index (χ0) is 13.1. The van der Waals surface area contributed by atoms with Gasteiger partial charge < -0.3 is 0 Å². The number of aryl methyl sites for hydroxylation is 2. The summed E-state index contributed by atoms with van der Waals surface area (Å²) in [5.41, 5.74) is 2.33. The van der Waals surface area contributed by atoms with Crippen molar-refractivity contribution < 1.29 is 4.79 Å². The fourth-order valence-corrected chi connectivity index (χ4v) is 2.10. The summed E-state index contributed by atoms with van der Waals surface area (Å²) >= 11 is 5.96. The number of hydrogen-bond donors (Lipinski definition) is 0. The molecular weight excluding hydrogens is 250 g/mol. The SMILES string of the molecule is CCn1nc(C)cc1CC(=O)c1ccncc1Cl. The van der Waals surface area contributed by atoms with Gasteiger partial charge in [0.1, 0.15) is 0 Å². The predicted octanol–water partition coefficient (Wildman–Crippen LogP) is 2.69. The number of carbonyl (C=O) groups excluding carboxylic acids is 1. The van der Waals surface area contributed by atoms with Gasteiger partial charge >= 0.3 is 0 Å². The van der Waals surface area contributed by atoms with E-state index < -0.39 is 0 Å². The van der Waals surface area contributed by atoms with Crippen LogP contribution in [-0.2, 0) is 13.0 Å². The van der Waals surface area contributed by atoms with E-state index in [-0.39, 0.29) is 5.78 Å². The number of hydrogen-bond acceptors (Lipinski definition) is 3. The maximum absolute atomic E-state index is 12.2. The largest absolute Gasteiger partial charge is 0.294 e. The normalized spacial score (nSPS) is 10.6. The van der Waals surface area contributed by atoms with E-state index >= 15 is 0 Å². The van der Waals surface area contributed by atoms with Crippen molar-refractivity contribution in [1.82, 2.24) is 14.8 Å². The first-order chi connectivity index (χ1) is 8.61. The van der Waals surface area contributed by atoms with E-state index in [4.69, 9.17) is 11.6 Å². The minimum absolute atomic E-state index is 0.0167. The van der Waals surface area contributed by atoms with Gasteiger partial charge in [-0.15, -0.1) is 0 Å². The summed E-state index contributed by atoms with van der Waals surface area (Å²) in [5.74, 6) is -0.0167. The lowest BCUT2D eigenvalue weighted by atomic mass is 10.1. The van der Waals surface area contributed by atoms with Crippen molar-refractivity contribution in [1.29, 1.82) is 0 Å². The zero-order valence-corrected chi connectivity index (χ0v) is 11.1. The molecule has 0 saturated carbocycles. The van der Waals surface area contributed by atoms with Crippen molar-refractivity contribution in [2.75, 3.05) is 0 Å². The van der Waals surface area contributed by atoms with E-state index in [0.717, 1.165) is 17.9 Å². The summed E-state index contributed by atoms with van der Waals surface area (Å²) in [4.78, 5) is 16.0. The Morgan fingerprint density at radius 2 is 2.28 bits per heavy atom. The number of nitrogens with zero attached hydrogens (tertiary/aromatic N) is 3. The second-order valence-electron chi connectivity index (χ2n) is 4.05. The number of aromatic nitrogens is 3. The van der Waals surface area contributed by atoms with E-state index in [9.17, 15) is 4.79 Å². The van der Waals surface area contributed by atoms with Crippen LogP contribution in [0.2, 0.25) is 5.02 Å². The van der Waals surface area contributed by atoms with Gasteiger partial charge in [-0.05, 0) is 26.0 Å². The first-order valence-electron chi connectivity index (χ1n) is 5.78. The molecule has 0 spiro atoms. The maximum Gasteiger partial charge on any atom is 0.170 e. The van der Waals surface area contributed by atoms with Crippen molar-refractivity contribution in [3.05, 3.63) is 46.5 Å². The lowest BCUT2D eigenvalue weighted by Gasteiger charge is -2.05. The Morgan fingerprint density at radius 1 is 1.50 bits per heavy atom. The molecule has 18 heavy (non-hydrogen) atoms. The van der Waals surface area contributed by atoms with Crippen molar-refractivity contribution in [3.8, 4) is 0 Å². The van der Waals surface area contributed by atoms with Gasteiger partial charge in [0.2, 0.25) is 0 Å². The maximum atomic E-state index is 12.2. The quantitative estimate of drug-likeness (QED) is 0.797. The van der Waals surface area contributed by atoms with Crippen LogP contribution in [0.25, 0.3) is 0 Å². The molecule has 0 fully saturated rings. The molecule has 0 aliphatic carbocycles. The summed E-state index contributed by atoms with van der Waals surface area (Å²) in [6, 6.07) is 3.57. The van der Waals surface area contributed by atoms with Crippen LogP contribution < -0.4 is 0 Å². The average Bonchev–Trinajstić information content (AvgIpc) is 2.70. The molecule has 5 heteroatoms. The fraction of sp³-hybridized carbons (Fsp3) is 0.308. The van der Waals surface area contributed by atoms with E-state index in [2.05, 4.69) is 10.1 Å². The van der Waals surface area contributed by atoms with Crippen molar-refractivity contribution in [2.24, 2.45) is 0 Å². The van der Waals surface area contributed by atoms with E-state index in [1.807, 2.05) is 24.6 Å². The molecule has 0 aromatic carbocycles. The standard InChI is InChI=1S/C13H14ClN3O/c1-3-17-10(6-9(2)16-17)7-13(18)11-4-5-15-8-12(11)14/h4-6,8H,3,7H2,1-2H3. The summed E-state index contributed by atoms with van der Waals surface area (Å²) in [7, 11) is 0. The molecule has 0 saturated heterocycles. The van der Waals surface area contributed by atoms with Gasteiger partial charge in [0.15, 0.2) is 5.78 Å². The highest BCUT2D eigenvalue weighted by molar-refractivity contribution is 6.33. The van der Waals surface area contributed by atoms with E-state index in [1.54, 1.807) is 12.3 Å². The van der Waals surface area contributed by atoms with Crippen LogP contribution in [0.3, 0.4) is 0 Å². The molecule has 0 radical (unpaired) electrons. The van der Waals surface area contributed by atoms with E-state index in [1.165, 1.54) is 6.20 Å². The molecule has 0 unspecified atom stereocenters. The Morgan fingerprint density at radius 3 is 2.94 bits per heavy atom. The zero-order valence-electron chi connectivity index (χ0n) is 10.4. The van der Waals surface area contributed by atoms with Gasteiger partial charge in [-0.3, -0.25) is 14.5 Å². The summed E-state index contributed by atoms with van der Waals surface area (Å²) < 4.78 is 1.84. The van der Waals surface area contributed by atoms with Crippen LogP contribution in [0.15, 0.2) is 24.5 Å². The van der Waals surface area contributed by atoms with Gasteiger partial charge in [0.25, 0.3) is 0 Å². The number of Topliss-reactive ketones (excluding diaryl/α,β-unsaturated/α-hetero) is 1. The molecule has 0 amide bonds. The van der Waals surface area contributed by atoms with Crippen LogP contribution in [-0.4, -0.2) is 20.5 Å². The lowest BCUT2D eigenvalue weighted by molar-refractivity contribution is 0.0990. The second kappa shape index (κ2) is 5.31. The molecule has 94 valence electrons. The molecule has 0 bridgehead atoms. The van der Waals surface area contributed by atoms with Crippen molar-refractivity contribution in [2.45, 2.75) is 26.8 Å². The van der Waals surface area contributed by atoms with Crippen LogP contribution in [0.5, 0.6) is 0 Å². The van der Waals surface area contributed by atoms with Crippen LogP contribution in [0.4, 0.5) is 0 Å². The Bertz CT molecular complexity index is 577. The number of rotatable bonds is 4. The Hall–Kier alpha value is -1.68. The topological polar surface area (TPSA) is 47.8 Å². The smallest absolute Gasteiger partial charge is 0.170 e. The first kappa shape index (κ1) is 12.8. The van der Waals surface area contributed by atoms with Crippen LogP contribution >= 0.6 is 11.6 Å². The van der Waals surface area contributed by atoms with Gasteiger partial charge in [-0.25, -0.2) is 0 Å². The summed E-state index contributed by atoms with van der Waals surface area (Å²) in [5, 5.41) is 4.71.